The summed E-state index contributed by atoms with van der Waals surface area (Å²) in [5.74, 6) is 0.584. The van der Waals surface area contributed by atoms with E-state index in [4.69, 9.17) is 4.74 Å². The van der Waals surface area contributed by atoms with Gasteiger partial charge in [0.1, 0.15) is 6.61 Å². The number of hydrogen-bond donors (Lipinski definition) is 0. The zero-order valence-electron chi connectivity index (χ0n) is 8.53. The first-order valence-electron chi connectivity index (χ1n) is 4.70. The van der Waals surface area contributed by atoms with Crippen LogP contribution in [0.1, 0.15) is 6.92 Å². The van der Waals surface area contributed by atoms with Crippen LogP contribution < -0.4 is 0 Å². The third kappa shape index (κ3) is 4.82. The van der Waals surface area contributed by atoms with Gasteiger partial charge in [-0.3, -0.25) is 4.79 Å². The highest BCUT2D eigenvalue weighted by molar-refractivity contribution is 9.10. The number of carbonyl (C=O) groups is 1. The van der Waals surface area contributed by atoms with Gasteiger partial charge in [-0.15, -0.1) is 11.8 Å². The molecular weight excluding hydrogens is 276 g/mol. The fourth-order valence-corrected chi connectivity index (χ4v) is 2.39. The van der Waals surface area contributed by atoms with Crippen LogP contribution in [0.2, 0.25) is 0 Å². The summed E-state index contributed by atoms with van der Waals surface area (Å²) in [5, 5.41) is 0. The summed E-state index contributed by atoms with van der Waals surface area (Å²) in [7, 11) is 0. The Morgan fingerprint density at radius 1 is 1.47 bits per heavy atom. The van der Waals surface area contributed by atoms with E-state index >= 15 is 0 Å². The predicted octanol–water partition coefficient (Wildman–Crippen LogP) is 3.15. The van der Waals surface area contributed by atoms with Crippen molar-refractivity contribution in [1.82, 2.24) is 0 Å². The molecule has 4 heteroatoms. The number of Topliss-reactive ketones (excluding diaryl/α,β-unsaturated/α-hetero) is 1. The predicted molar refractivity (Wildman–Crippen MR) is 66.4 cm³/mol. The van der Waals surface area contributed by atoms with Crippen LogP contribution in [0.5, 0.6) is 0 Å². The molecular formula is C11H13BrO2S. The lowest BCUT2D eigenvalue weighted by molar-refractivity contribution is -0.120. The molecule has 0 aliphatic heterocycles. The number of ether oxygens (including phenoxy) is 1. The molecule has 0 radical (unpaired) electrons. The van der Waals surface area contributed by atoms with E-state index in [9.17, 15) is 4.79 Å². The van der Waals surface area contributed by atoms with Crippen molar-refractivity contribution in [2.45, 2.75) is 11.8 Å². The summed E-state index contributed by atoms with van der Waals surface area (Å²) in [5.41, 5.74) is 0. The number of carbonyl (C=O) groups excluding carboxylic acids is 1. The van der Waals surface area contributed by atoms with Gasteiger partial charge in [-0.2, -0.15) is 0 Å². The Morgan fingerprint density at radius 2 is 2.20 bits per heavy atom. The molecule has 0 amide bonds. The Bertz CT molecular complexity index is 328. The second-order valence-corrected chi connectivity index (χ2v) is 4.77. The first-order valence-corrected chi connectivity index (χ1v) is 6.48. The van der Waals surface area contributed by atoms with Gasteiger partial charge in [0.2, 0.25) is 0 Å². The molecule has 0 aromatic heterocycles. The Morgan fingerprint density at radius 3 is 2.87 bits per heavy atom. The minimum absolute atomic E-state index is 0.123. The highest BCUT2D eigenvalue weighted by atomic mass is 79.9. The monoisotopic (exact) mass is 288 g/mol. The summed E-state index contributed by atoms with van der Waals surface area (Å²) >= 11 is 4.96. The fourth-order valence-electron chi connectivity index (χ4n) is 0.978. The number of thioether (sulfide) groups is 1. The zero-order valence-corrected chi connectivity index (χ0v) is 10.9. The Kier molecular flexibility index (Phi) is 5.98. The minimum Gasteiger partial charge on any atom is -0.374 e. The van der Waals surface area contributed by atoms with Gasteiger partial charge >= 0.3 is 0 Å². The maximum absolute atomic E-state index is 11.3. The molecule has 0 heterocycles. The van der Waals surface area contributed by atoms with Crippen molar-refractivity contribution in [3.05, 3.63) is 28.7 Å². The lowest BCUT2D eigenvalue weighted by Crippen LogP contribution is -2.10. The second-order valence-electron chi connectivity index (χ2n) is 2.89. The van der Waals surface area contributed by atoms with Crippen LogP contribution in [0, 0.1) is 0 Å². The molecule has 0 saturated carbocycles. The van der Waals surface area contributed by atoms with Gasteiger partial charge in [-0.1, -0.05) is 12.1 Å². The van der Waals surface area contributed by atoms with Gasteiger partial charge in [-0.25, -0.2) is 0 Å². The standard InChI is InChI=1S/C11H13BrO2S/c1-2-14-7-9(13)8-15-11-6-4-3-5-10(11)12/h3-6H,2,7-8H2,1H3. The SMILES string of the molecule is CCOCC(=O)CSc1ccccc1Br. The van der Waals surface area contributed by atoms with E-state index in [-0.39, 0.29) is 12.4 Å². The van der Waals surface area contributed by atoms with Gasteiger partial charge in [0.15, 0.2) is 5.78 Å². The van der Waals surface area contributed by atoms with Crippen molar-refractivity contribution in [2.75, 3.05) is 19.0 Å². The summed E-state index contributed by atoms with van der Waals surface area (Å²) in [4.78, 5) is 12.4. The average Bonchev–Trinajstić information content (AvgIpc) is 2.25. The van der Waals surface area contributed by atoms with Crippen molar-refractivity contribution in [1.29, 1.82) is 0 Å². The van der Waals surface area contributed by atoms with Gasteiger partial charge in [0.25, 0.3) is 0 Å². The van der Waals surface area contributed by atoms with Crippen molar-refractivity contribution < 1.29 is 9.53 Å². The quantitative estimate of drug-likeness (QED) is 0.753. The second kappa shape index (κ2) is 7.04. The molecule has 0 spiro atoms. The largest absolute Gasteiger partial charge is 0.374 e. The minimum atomic E-state index is 0.123. The van der Waals surface area contributed by atoms with E-state index in [1.807, 2.05) is 31.2 Å². The molecule has 0 fully saturated rings. The zero-order chi connectivity index (χ0) is 11.1. The normalized spacial score (nSPS) is 10.3. The smallest absolute Gasteiger partial charge is 0.168 e. The first kappa shape index (κ1) is 12.7. The van der Waals surface area contributed by atoms with Crippen molar-refractivity contribution in [2.24, 2.45) is 0 Å². The molecule has 82 valence electrons. The molecule has 0 aliphatic rings. The maximum atomic E-state index is 11.3. The number of rotatable bonds is 6. The van der Waals surface area contributed by atoms with Crippen LogP contribution in [-0.2, 0) is 9.53 Å². The van der Waals surface area contributed by atoms with E-state index in [1.54, 1.807) is 0 Å². The highest BCUT2D eigenvalue weighted by Gasteiger charge is 2.04. The van der Waals surface area contributed by atoms with Crippen molar-refractivity contribution >= 4 is 33.5 Å². The molecule has 15 heavy (non-hydrogen) atoms. The number of benzene rings is 1. The number of ketones is 1. The van der Waals surface area contributed by atoms with E-state index < -0.39 is 0 Å². The summed E-state index contributed by atoms with van der Waals surface area (Å²) in [6.45, 7) is 2.69. The molecule has 0 bridgehead atoms. The van der Waals surface area contributed by atoms with E-state index in [1.165, 1.54) is 11.8 Å². The Labute approximate surface area is 103 Å². The summed E-state index contributed by atoms with van der Waals surface area (Å²) < 4.78 is 6.07. The van der Waals surface area contributed by atoms with E-state index in [2.05, 4.69) is 15.9 Å². The van der Waals surface area contributed by atoms with Crippen LogP contribution in [0.25, 0.3) is 0 Å². The van der Waals surface area contributed by atoms with Gasteiger partial charge in [-0.05, 0) is 35.0 Å². The molecule has 1 aromatic rings. The van der Waals surface area contributed by atoms with Crippen LogP contribution in [0.15, 0.2) is 33.6 Å². The van der Waals surface area contributed by atoms with Crippen LogP contribution >= 0.6 is 27.7 Å². The van der Waals surface area contributed by atoms with Crippen molar-refractivity contribution in [3.8, 4) is 0 Å². The van der Waals surface area contributed by atoms with Gasteiger partial charge < -0.3 is 4.74 Å². The molecule has 0 atom stereocenters. The molecule has 0 aliphatic carbocycles. The number of hydrogen-bond acceptors (Lipinski definition) is 3. The first-order chi connectivity index (χ1) is 7.24. The topological polar surface area (TPSA) is 26.3 Å². The fraction of sp³-hybridized carbons (Fsp3) is 0.364. The third-order valence-electron chi connectivity index (χ3n) is 1.69. The molecule has 0 saturated heterocycles. The Hall–Kier alpha value is -0.320. The van der Waals surface area contributed by atoms with Crippen LogP contribution in [0.4, 0.5) is 0 Å². The van der Waals surface area contributed by atoms with Gasteiger partial charge in [0.05, 0.1) is 5.75 Å². The molecule has 0 unspecified atom stereocenters. The molecule has 0 N–H and O–H groups in total. The van der Waals surface area contributed by atoms with Gasteiger partial charge in [0, 0.05) is 16.0 Å². The highest BCUT2D eigenvalue weighted by Crippen LogP contribution is 2.26. The maximum Gasteiger partial charge on any atom is 0.168 e. The Balaban J connectivity index is 2.37. The lowest BCUT2D eigenvalue weighted by atomic mass is 10.4. The molecule has 1 rings (SSSR count). The average molecular weight is 289 g/mol. The summed E-state index contributed by atoms with van der Waals surface area (Å²) in [6, 6.07) is 7.87. The molecule has 1 aromatic carbocycles. The third-order valence-corrected chi connectivity index (χ3v) is 3.78. The van der Waals surface area contributed by atoms with E-state index in [0.717, 1.165) is 9.37 Å². The van der Waals surface area contributed by atoms with Crippen molar-refractivity contribution in [3.63, 3.8) is 0 Å². The van der Waals surface area contributed by atoms with Crippen LogP contribution in [0.3, 0.4) is 0 Å². The van der Waals surface area contributed by atoms with E-state index in [0.29, 0.717) is 12.4 Å². The summed E-state index contributed by atoms with van der Waals surface area (Å²) in [6.07, 6.45) is 0. The number of halogens is 1. The van der Waals surface area contributed by atoms with Crippen LogP contribution in [-0.4, -0.2) is 24.7 Å². The lowest BCUT2D eigenvalue weighted by Gasteiger charge is -2.03. The molecule has 2 nitrogen and oxygen atoms in total.